The lowest BCUT2D eigenvalue weighted by atomic mass is 10.0. The first-order valence-electron chi connectivity index (χ1n) is 11.8. The van der Waals surface area contributed by atoms with Crippen LogP contribution in [0, 0.1) is 5.92 Å². The van der Waals surface area contributed by atoms with Gasteiger partial charge in [0, 0.05) is 31.4 Å². The van der Waals surface area contributed by atoms with E-state index >= 15 is 0 Å². The highest BCUT2D eigenvalue weighted by Crippen LogP contribution is 2.21. The van der Waals surface area contributed by atoms with Crippen LogP contribution in [0.3, 0.4) is 0 Å². The molecule has 1 saturated heterocycles. The van der Waals surface area contributed by atoms with E-state index in [-0.39, 0.29) is 18.4 Å². The SMILES string of the molecule is CC1CCCN(CCCNC(=O)CN2CCCc3nc(-c4ccccc4)ncc3C2=O)C1. The largest absolute Gasteiger partial charge is 0.355 e. The Hall–Kier alpha value is -2.80. The molecule has 1 aromatic heterocycles. The van der Waals surface area contributed by atoms with Crippen LogP contribution in [0.2, 0.25) is 0 Å². The Morgan fingerprint density at radius 3 is 2.84 bits per heavy atom. The monoisotopic (exact) mass is 435 g/mol. The number of aromatic nitrogens is 2. The highest BCUT2D eigenvalue weighted by atomic mass is 16.2. The lowest BCUT2D eigenvalue weighted by Gasteiger charge is -2.30. The predicted molar refractivity (Wildman–Crippen MR) is 124 cm³/mol. The van der Waals surface area contributed by atoms with E-state index in [1.807, 2.05) is 30.3 Å². The zero-order valence-corrected chi connectivity index (χ0v) is 18.9. The lowest BCUT2D eigenvalue weighted by molar-refractivity contribution is -0.121. The van der Waals surface area contributed by atoms with E-state index in [0.29, 0.717) is 30.9 Å². The maximum absolute atomic E-state index is 13.0. The van der Waals surface area contributed by atoms with Gasteiger partial charge in [-0.3, -0.25) is 9.59 Å². The van der Waals surface area contributed by atoms with Crippen LogP contribution in [-0.2, 0) is 11.2 Å². The highest BCUT2D eigenvalue weighted by molar-refractivity contribution is 5.97. The third-order valence-corrected chi connectivity index (χ3v) is 6.31. The number of benzene rings is 1. The molecule has 1 atom stereocenters. The first-order chi connectivity index (χ1) is 15.6. The van der Waals surface area contributed by atoms with E-state index < -0.39 is 0 Å². The van der Waals surface area contributed by atoms with E-state index in [9.17, 15) is 9.59 Å². The van der Waals surface area contributed by atoms with Crippen LogP contribution in [0.5, 0.6) is 0 Å². The van der Waals surface area contributed by atoms with Gasteiger partial charge < -0.3 is 15.1 Å². The molecule has 2 aromatic rings. The van der Waals surface area contributed by atoms with Crippen molar-refractivity contribution in [3.05, 3.63) is 47.8 Å². The number of rotatable bonds is 7. The second kappa shape index (κ2) is 10.7. The summed E-state index contributed by atoms with van der Waals surface area (Å²) in [6, 6.07) is 9.77. The fourth-order valence-corrected chi connectivity index (χ4v) is 4.62. The highest BCUT2D eigenvalue weighted by Gasteiger charge is 2.26. The minimum Gasteiger partial charge on any atom is -0.355 e. The number of hydrogen-bond acceptors (Lipinski definition) is 5. The number of amides is 2. The smallest absolute Gasteiger partial charge is 0.257 e. The molecule has 170 valence electrons. The number of piperidine rings is 1. The van der Waals surface area contributed by atoms with Gasteiger partial charge in [0.1, 0.15) is 0 Å². The summed E-state index contributed by atoms with van der Waals surface area (Å²) in [5.74, 6) is 1.14. The van der Waals surface area contributed by atoms with Crippen LogP contribution in [0.1, 0.15) is 48.7 Å². The van der Waals surface area contributed by atoms with Crippen molar-refractivity contribution in [3.63, 3.8) is 0 Å². The summed E-state index contributed by atoms with van der Waals surface area (Å²) < 4.78 is 0. The fraction of sp³-hybridized carbons (Fsp3) is 0.520. The molecule has 0 bridgehead atoms. The van der Waals surface area contributed by atoms with Crippen molar-refractivity contribution in [2.24, 2.45) is 5.92 Å². The van der Waals surface area contributed by atoms with Crippen LogP contribution in [0.15, 0.2) is 36.5 Å². The minimum atomic E-state index is -0.158. The molecular formula is C25H33N5O2. The van der Waals surface area contributed by atoms with Crippen molar-refractivity contribution < 1.29 is 9.59 Å². The van der Waals surface area contributed by atoms with Gasteiger partial charge in [0.15, 0.2) is 5.82 Å². The molecule has 2 aliphatic rings. The zero-order valence-electron chi connectivity index (χ0n) is 18.9. The molecule has 1 unspecified atom stereocenters. The number of hydrogen-bond donors (Lipinski definition) is 1. The molecule has 4 rings (SSSR count). The van der Waals surface area contributed by atoms with Gasteiger partial charge in [-0.1, -0.05) is 37.3 Å². The number of carbonyl (C=O) groups is 2. The first kappa shape index (κ1) is 22.4. The molecule has 7 heteroatoms. The summed E-state index contributed by atoms with van der Waals surface area (Å²) in [7, 11) is 0. The van der Waals surface area contributed by atoms with E-state index in [1.54, 1.807) is 11.1 Å². The van der Waals surface area contributed by atoms with Gasteiger partial charge in [0.05, 0.1) is 17.8 Å². The topological polar surface area (TPSA) is 78.4 Å². The van der Waals surface area contributed by atoms with Gasteiger partial charge in [0.25, 0.3) is 5.91 Å². The van der Waals surface area contributed by atoms with Crippen LogP contribution >= 0.6 is 0 Å². The maximum Gasteiger partial charge on any atom is 0.257 e. The summed E-state index contributed by atoms with van der Waals surface area (Å²) in [5, 5.41) is 2.99. The molecule has 0 saturated carbocycles. The van der Waals surface area contributed by atoms with Crippen molar-refractivity contribution in [1.29, 1.82) is 0 Å². The minimum absolute atomic E-state index is 0.0828. The van der Waals surface area contributed by atoms with Crippen LogP contribution in [0.25, 0.3) is 11.4 Å². The normalized spacial score (nSPS) is 19.3. The Balaban J connectivity index is 1.29. The molecule has 3 heterocycles. The van der Waals surface area contributed by atoms with E-state index in [1.165, 1.54) is 12.8 Å². The van der Waals surface area contributed by atoms with Gasteiger partial charge in [-0.05, 0) is 51.1 Å². The van der Waals surface area contributed by atoms with Gasteiger partial charge in [-0.25, -0.2) is 9.97 Å². The van der Waals surface area contributed by atoms with E-state index in [2.05, 4.69) is 27.1 Å². The molecule has 32 heavy (non-hydrogen) atoms. The van der Waals surface area contributed by atoms with Crippen LogP contribution in [0.4, 0.5) is 0 Å². The summed E-state index contributed by atoms with van der Waals surface area (Å²) in [6.07, 6.45) is 6.62. The van der Waals surface area contributed by atoms with Crippen molar-refractivity contribution in [2.75, 3.05) is 39.3 Å². The molecule has 0 spiro atoms. The Kier molecular flexibility index (Phi) is 7.47. The average Bonchev–Trinajstić information content (AvgIpc) is 2.96. The number of likely N-dealkylation sites (tertiary alicyclic amines) is 1. The molecule has 1 fully saturated rings. The molecule has 1 aromatic carbocycles. The Morgan fingerprint density at radius 2 is 2.03 bits per heavy atom. The Bertz CT molecular complexity index is 933. The Morgan fingerprint density at radius 1 is 1.19 bits per heavy atom. The molecule has 0 aliphatic carbocycles. The molecule has 1 N–H and O–H groups in total. The van der Waals surface area contributed by atoms with Gasteiger partial charge >= 0.3 is 0 Å². The fourth-order valence-electron chi connectivity index (χ4n) is 4.62. The third-order valence-electron chi connectivity index (χ3n) is 6.31. The molecular weight excluding hydrogens is 402 g/mol. The second-order valence-corrected chi connectivity index (χ2v) is 9.00. The van der Waals surface area contributed by atoms with Crippen molar-refractivity contribution in [3.8, 4) is 11.4 Å². The number of nitrogens with zero attached hydrogens (tertiary/aromatic N) is 4. The molecule has 7 nitrogen and oxygen atoms in total. The van der Waals surface area contributed by atoms with E-state index in [0.717, 1.165) is 49.7 Å². The first-order valence-corrected chi connectivity index (χ1v) is 11.8. The summed E-state index contributed by atoms with van der Waals surface area (Å²) in [5.41, 5.74) is 2.21. The summed E-state index contributed by atoms with van der Waals surface area (Å²) >= 11 is 0. The number of carbonyl (C=O) groups excluding carboxylic acids is 2. The Labute approximate surface area is 190 Å². The van der Waals surface area contributed by atoms with Gasteiger partial charge in [-0.2, -0.15) is 0 Å². The number of aryl methyl sites for hydroxylation is 1. The summed E-state index contributed by atoms with van der Waals surface area (Å²) in [4.78, 5) is 38.7. The standard InChI is InChI=1S/C25H33N5O2/c1-19-8-5-13-29(17-19)14-7-12-26-23(31)18-30-15-6-11-22-21(25(30)32)16-27-24(28-22)20-9-3-2-4-10-20/h2-4,9-10,16,19H,5-8,11-15,17-18H2,1H3,(H,26,31). The maximum atomic E-state index is 13.0. The van der Waals surface area contributed by atoms with Crippen molar-refractivity contribution in [2.45, 2.75) is 39.0 Å². The zero-order chi connectivity index (χ0) is 22.3. The van der Waals surface area contributed by atoms with Crippen LogP contribution in [-0.4, -0.2) is 70.9 Å². The quantitative estimate of drug-likeness (QED) is 0.677. The average molecular weight is 436 g/mol. The molecule has 2 amide bonds. The van der Waals surface area contributed by atoms with Gasteiger partial charge in [-0.15, -0.1) is 0 Å². The third kappa shape index (κ3) is 5.71. The number of fused-ring (bicyclic) bond motifs is 1. The molecule has 2 aliphatic heterocycles. The van der Waals surface area contributed by atoms with Crippen molar-refractivity contribution >= 4 is 11.8 Å². The summed E-state index contributed by atoms with van der Waals surface area (Å²) in [6.45, 7) is 6.91. The van der Waals surface area contributed by atoms with Gasteiger partial charge in [0.2, 0.25) is 5.91 Å². The number of nitrogens with one attached hydrogen (secondary N) is 1. The van der Waals surface area contributed by atoms with Crippen LogP contribution < -0.4 is 5.32 Å². The lowest BCUT2D eigenvalue weighted by Crippen LogP contribution is -2.42. The second-order valence-electron chi connectivity index (χ2n) is 9.00. The molecule has 0 radical (unpaired) electrons. The van der Waals surface area contributed by atoms with E-state index in [4.69, 9.17) is 0 Å². The predicted octanol–water partition coefficient (Wildman–Crippen LogP) is 2.77. The van der Waals surface area contributed by atoms with Crippen molar-refractivity contribution in [1.82, 2.24) is 25.1 Å².